The predicted octanol–water partition coefficient (Wildman–Crippen LogP) is 4.78. The molecule has 2 aromatic carbocycles. The molecule has 0 radical (unpaired) electrons. The number of ether oxygens (including phenoxy) is 2. The Balaban J connectivity index is 2.09. The van der Waals surface area contributed by atoms with E-state index in [9.17, 15) is 0 Å². The molecule has 0 saturated heterocycles. The van der Waals surface area contributed by atoms with Crippen LogP contribution in [0.15, 0.2) is 46.9 Å². The minimum atomic E-state index is 0.476. The summed E-state index contributed by atoms with van der Waals surface area (Å²) in [5.74, 6) is 2.12. The Morgan fingerprint density at radius 3 is 2.68 bits per heavy atom. The Morgan fingerprint density at radius 2 is 1.95 bits per heavy atom. The van der Waals surface area contributed by atoms with Crippen molar-refractivity contribution in [3.8, 4) is 11.5 Å². The monoisotopic (exact) mass is 340 g/mol. The average molecular weight is 342 g/mol. The lowest BCUT2D eigenvalue weighted by molar-refractivity contribution is 0.304. The second kappa shape index (κ2) is 6.83. The van der Waals surface area contributed by atoms with Crippen LogP contribution in [-0.2, 0) is 12.5 Å². The summed E-state index contributed by atoms with van der Waals surface area (Å²) in [6.45, 7) is 0.476. The molecule has 0 aliphatic carbocycles. The van der Waals surface area contributed by atoms with Gasteiger partial charge in [0.1, 0.15) is 18.1 Å². The zero-order chi connectivity index (χ0) is 13.7. The number of rotatable bonds is 5. The lowest BCUT2D eigenvalue weighted by atomic mass is 10.2. The van der Waals surface area contributed by atoms with E-state index in [2.05, 4.69) is 15.9 Å². The molecule has 0 bridgehead atoms. The van der Waals surface area contributed by atoms with Crippen LogP contribution in [0.1, 0.15) is 11.1 Å². The fourth-order valence-electron chi connectivity index (χ4n) is 1.67. The Hall–Kier alpha value is -1.19. The molecule has 0 saturated carbocycles. The van der Waals surface area contributed by atoms with E-state index in [1.165, 1.54) is 0 Å². The number of hydrogen-bond acceptors (Lipinski definition) is 2. The van der Waals surface area contributed by atoms with Crippen molar-refractivity contribution in [1.29, 1.82) is 0 Å². The Bertz CT molecular complexity index is 558. The number of halogens is 2. The van der Waals surface area contributed by atoms with Crippen molar-refractivity contribution in [1.82, 2.24) is 0 Å². The van der Waals surface area contributed by atoms with Crippen molar-refractivity contribution >= 4 is 27.5 Å². The highest BCUT2D eigenvalue weighted by Crippen LogP contribution is 2.24. The second-order valence-electron chi connectivity index (χ2n) is 4.03. The fraction of sp³-hybridized carbons (Fsp3) is 0.200. The van der Waals surface area contributed by atoms with Gasteiger partial charge < -0.3 is 9.47 Å². The van der Waals surface area contributed by atoms with Gasteiger partial charge in [-0.1, -0.05) is 28.1 Å². The maximum atomic E-state index is 5.80. The zero-order valence-corrected chi connectivity index (χ0v) is 12.9. The third kappa shape index (κ3) is 3.88. The molecule has 0 heterocycles. The summed E-state index contributed by atoms with van der Waals surface area (Å²) in [6.07, 6.45) is 0. The van der Waals surface area contributed by atoms with Crippen LogP contribution in [0.5, 0.6) is 11.5 Å². The lowest BCUT2D eigenvalue weighted by Crippen LogP contribution is -1.97. The zero-order valence-electron chi connectivity index (χ0n) is 10.5. The van der Waals surface area contributed by atoms with E-state index >= 15 is 0 Å². The van der Waals surface area contributed by atoms with Gasteiger partial charge in [-0.05, 0) is 35.9 Å². The molecule has 0 spiro atoms. The van der Waals surface area contributed by atoms with Gasteiger partial charge in [0, 0.05) is 15.9 Å². The first-order chi connectivity index (χ1) is 9.22. The first kappa shape index (κ1) is 14.2. The van der Waals surface area contributed by atoms with E-state index < -0.39 is 0 Å². The standard InChI is InChI=1S/C15H14BrClO2/c1-18-13-5-6-15(16)12(8-13)10-19-14-4-2-3-11(7-14)9-17/h2-8H,9-10H2,1H3. The molecular formula is C15H14BrClO2. The van der Waals surface area contributed by atoms with Crippen LogP contribution in [0.2, 0.25) is 0 Å². The smallest absolute Gasteiger partial charge is 0.120 e. The van der Waals surface area contributed by atoms with Crippen LogP contribution >= 0.6 is 27.5 Å². The average Bonchev–Trinajstić information content (AvgIpc) is 2.46. The molecule has 0 aliphatic heterocycles. The van der Waals surface area contributed by atoms with Crippen LogP contribution < -0.4 is 9.47 Å². The van der Waals surface area contributed by atoms with Crippen LogP contribution in [0.25, 0.3) is 0 Å². The van der Waals surface area contributed by atoms with Crippen molar-refractivity contribution in [2.75, 3.05) is 7.11 Å². The highest BCUT2D eigenvalue weighted by atomic mass is 79.9. The van der Waals surface area contributed by atoms with Crippen molar-refractivity contribution in [2.45, 2.75) is 12.5 Å². The highest BCUT2D eigenvalue weighted by molar-refractivity contribution is 9.10. The molecule has 100 valence electrons. The summed E-state index contributed by atoms with van der Waals surface area (Å²) in [5, 5.41) is 0. The topological polar surface area (TPSA) is 18.5 Å². The van der Waals surface area contributed by atoms with Crippen molar-refractivity contribution < 1.29 is 9.47 Å². The minimum Gasteiger partial charge on any atom is -0.497 e. The lowest BCUT2D eigenvalue weighted by Gasteiger charge is -2.10. The van der Waals surface area contributed by atoms with Crippen LogP contribution in [0, 0.1) is 0 Å². The first-order valence-electron chi connectivity index (χ1n) is 5.83. The molecular weight excluding hydrogens is 328 g/mol. The summed E-state index contributed by atoms with van der Waals surface area (Å²) in [6, 6.07) is 13.6. The summed E-state index contributed by atoms with van der Waals surface area (Å²) in [4.78, 5) is 0. The van der Waals surface area contributed by atoms with Gasteiger partial charge in [0.05, 0.1) is 7.11 Å². The molecule has 0 N–H and O–H groups in total. The van der Waals surface area contributed by atoms with E-state index in [-0.39, 0.29) is 0 Å². The minimum absolute atomic E-state index is 0.476. The maximum absolute atomic E-state index is 5.80. The van der Waals surface area contributed by atoms with E-state index in [0.29, 0.717) is 12.5 Å². The van der Waals surface area contributed by atoms with Gasteiger partial charge in [-0.3, -0.25) is 0 Å². The molecule has 2 nitrogen and oxygen atoms in total. The summed E-state index contributed by atoms with van der Waals surface area (Å²) >= 11 is 9.31. The molecule has 2 aromatic rings. The van der Waals surface area contributed by atoms with Gasteiger partial charge in [-0.15, -0.1) is 11.6 Å². The number of hydrogen-bond donors (Lipinski definition) is 0. The summed E-state index contributed by atoms with van der Waals surface area (Å²) < 4.78 is 12.0. The molecule has 0 aromatic heterocycles. The van der Waals surface area contributed by atoms with E-state index in [1.54, 1.807) is 7.11 Å². The Labute approximate surface area is 126 Å². The molecule has 0 atom stereocenters. The Morgan fingerprint density at radius 1 is 1.11 bits per heavy atom. The third-order valence-corrected chi connectivity index (χ3v) is 3.78. The molecule has 19 heavy (non-hydrogen) atoms. The number of methoxy groups -OCH3 is 1. The van der Waals surface area contributed by atoms with Crippen molar-refractivity contribution in [3.63, 3.8) is 0 Å². The Kier molecular flexibility index (Phi) is 5.11. The normalized spacial score (nSPS) is 10.3. The van der Waals surface area contributed by atoms with E-state index in [1.807, 2.05) is 42.5 Å². The van der Waals surface area contributed by atoms with Crippen molar-refractivity contribution in [3.05, 3.63) is 58.1 Å². The quantitative estimate of drug-likeness (QED) is 0.729. The van der Waals surface area contributed by atoms with Crippen LogP contribution in [-0.4, -0.2) is 7.11 Å². The van der Waals surface area contributed by atoms with E-state index in [4.69, 9.17) is 21.1 Å². The van der Waals surface area contributed by atoms with Gasteiger partial charge >= 0.3 is 0 Å². The van der Waals surface area contributed by atoms with Gasteiger partial charge in [0.25, 0.3) is 0 Å². The molecule has 0 unspecified atom stereocenters. The van der Waals surface area contributed by atoms with Crippen LogP contribution in [0.4, 0.5) is 0 Å². The predicted molar refractivity (Wildman–Crippen MR) is 81.0 cm³/mol. The maximum Gasteiger partial charge on any atom is 0.120 e. The van der Waals surface area contributed by atoms with Crippen molar-refractivity contribution in [2.24, 2.45) is 0 Å². The molecule has 0 amide bonds. The van der Waals surface area contributed by atoms with Gasteiger partial charge in [-0.2, -0.15) is 0 Å². The largest absolute Gasteiger partial charge is 0.497 e. The number of benzene rings is 2. The van der Waals surface area contributed by atoms with E-state index in [0.717, 1.165) is 27.1 Å². The SMILES string of the molecule is COc1ccc(Br)c(COc2cccc(CCl)c2)c1. The van der Waals surface area contributed by atoms with Gasteiger partial charge in [0.15, 0.2) is 0 Å². The molecule has 0 aliphatic rings. The first-order valence-corrected chi connectivity index (χ1v) is 7.16. The summed E-state index contributed by atoms with van der Waals surface area (Å²) in [5.41, 5.74) is 2.08. The third-order valence-electron chi connectivity index (χ3n) is 2.70. The molecule has 4 heteroatoms. The van der Waals surface area contributed by atoms with Gasteiger partial charge in [0.2, 0.25) is 0 Å². The summed E-state index contributed by atoms with van der Waals surface area (Å²) in [7, 11) is 1.65. The van der Waals surface area contributed by atoms with Crippen LogP contribution in [0.3, 0.4) is 0 Å². The molecule has 2 rings (SSSR count). The molecule has 0 fully saturated rings. The highest BCUT2D eigenvalue weighted by Gasteiger charge is 2.04. The fourth-order valence-corrected chi connectivity index (χ4v) is 2.20. The second-order valence-corrected chi connectivity index (χ2v) is 5.15. The van der Waals surface area contributed by atoms with Gasteiger partial charge in [-0.25, -0.2) is 0 Å². The number of alkyl halides is 1.